The van der Waals surface area contributed by atoms with E-state index in [1.165, 1.54) is 12.1 Å². The number of amides is 1. The van der Waals surface area contributed by atoms with Gasteiger partial charge in [-0.25, -0.2) is 9.40 Å². The minimum Gasteiger partial charge on any atom is -0.496 e. The van der Waals surface area contributed by atoms with Gasteiger partial charge >= 0.3 is 0 Å². The average Bonchev–Trinajstić information content (AvgIpc) is 3.21. The number of hydrogen-bond donors (Lipinski definition) is 0. The number of piperidine rings is 1. The molecule has 2 aliphatic heterocycles. The average molecular weight is 410 g/mol. The molecule has 0 bridgehead atoms. The molecule has 1 atom stereocenters. The van der Waals surface area contributed by atoms with Crippen LogP contribution in [-0.4, -0.2) is 48.3 Å². The second-order valence-corrected chi connectivity index (χ2v) is 8.22. The molecule has 158 valence electrons. The molecule has 0 N–H and O–H groups in total. The number of carbonyl (C=O) groups is 1. The Labute approximate surface area is 177 Å². The summed E-state index contributed by atoms with van der Waals surface area (Å²) in [5.41, 5.74) is 2.40. The van der Waals surface area contributed by atoms with Gasteiger partial charge in [0, 0.05) is 12.0 Å². The summed E-state index contributed by atoms with van der Waals surface area (Å²) in [6.45, 7) is 4.44. The summed E-state index contributed by atoms with van der Waals surface area (Å²) < 4.78 is 19.4. The van der Waals surface area contributed by atoms with Gasteiger partial charge in [-0.05, 0) is 61.7 Å². The number of para-hydroxylation sites is 1. The normalized spacial score (nSPS) is 20.3. The van der Waals surface area contributed by atoms with E-state index >= 15 is 0 Å². The molecule has 0 radical (unpaired) electrons. The van der Waals surface area contributed by atoms with Crippen molar-refractivity contribution in [3.05, 3.63) is 65.5 Å². The maximum Gasteiger partial charge on any atom is 0.257 e. The fraction of sp³-hybridized carbons (Fsp3) is 0.417. The first kappa shape index (κ1) is 20.5. The summed E-state index contributed by atoms with van der Waals surface area (Å²) in [5.74, 6) is 1.06. The van der Waals surface area contributed by atoms with E-state index < -0.39 is 0 Å². The molecule has 30 heavy (non-hydrogen) atoms. The summed E-state index contributed by atoms with van der Waals surface area (Å²) in [7, 11) is 1.62. The second-order valence-electron chi connectivity index (χ2n) is 8.22. The van der Waals surface area contributed by atoms with Gasteiger partial charge in [0.15, 0.2) is 0 Å². The lowest BCUT2D eigenvalue weighted by Crippen LogP contribution is -2.41. The van der Waals surface area contributed by atoms with Crippen LogP contribution in [0.1, 0.15) is 43.4 Å². The van der Waals surface area contributed by atoms with Crippen LogP contribution in [0.3, 0.4) is 0 Å². The van der Waals surface area contributed by atoms with Gasteiger partial charge in [0.1, 0.15) is 11.6 Å². The van der Waals surface area contributed by atoms with Crippen molar-refractivity contribution in [3.63, 3.8) is 0 Å². The minimum atomic E-state index is -0.322. The standard InChI is InChI=1S/C24H28FN3O2/c1-17-10-12-27(13-11-17)16-24(29)28-22(18-6-5-7-19(25)14-18)15-21(26-28)20-8-3-4-9-23(20)30-2/h3-9,14,17,22H,10-13,15-16H2,1-2H3. The highest BCUT2D eigenvalue weighted by Gasteiger charge is 2.35. The van der Waals surface area contributed by atoms with Crippen LogP contribution in [0.25, 0.3) is 0 Å². The quantitative estimate of drug-likeness (QED) is 0.742. The Morgan fingerprint density at radius 2 is 1.93 bits per heavy atom. The molecule has 2 heterocycles. The summed E-state index contributed by atoms with van der Waals surface area (Å²) in [6.07, 6.45) is 2.74. The van der Waals surface area contributed by atoms with Gasteiger partial charge in [-0.15, -0.1) is 0 Å². The Bertz CT molecular complexity index is 938. The van der Waals surface area contributed by atoms with Crippen molar-refractivity contribution in [3.8, 4) is 5.75 Å². The molecule has 5 nitrogen and oxygen atoms in total. The van der Waals surface area contributed by atoms with Gasteiger partial charge in [-0.1, -0.05) is 31.2 Å². The van der Waals surface area contributed by atoms with Crippen molar-refractivity contribution in [2.24, 2.45) is 11.0 Å². The third-order valence-electron chi connectivity index (χ3n) is 6.05. The van der Waals surface area contributed by atoms with E-state index in [0.29, 0.717) is 24.6 Å². The van der Waals surface area contributed by atoms with Gasteiger partial charge in [0.2, 0.25) is 0 Å². The van der Waals surface area contributed by atoms with E-state index in [0.717, 1.165) is 42.8 Å². The van der Waals surface area contributed by atoms with E-state index in [-0.39, 0.29) is 17.8 Å². The Hall–Kier alpha value is -2.73. The van der Waals surface area contributed by atoms with Crippen molar-refractivity contribution in [2.75, 3.05) is 26.7 Å². The monoisotopic (exact) mass is 409 g/mol. The zero-order chi connectivity index (χ0) is 21.1. The molecule has 2 aromatic carbocycles. The molecule has 0 spiro atoms. The molecule has 0 aromatic heterocycles. The summed E-state index contributed by atoms with van der Waals surface area (Å²) >= 11 is 0. The molecule has 4 rings (SSSR count). The maximum absolute atomic E-state index is 13.9. The number of benzene rings is 2. The first-order valence-corrected chi connectivity index (χ1v) is 10.6. The molecule has 2 aromatic rings. The van der Waals surface area contributed by atoms with Gasteiger partial charge in [0.25, 0.3) is 5.91 Å². The lowest BCUT2D eigenvalue weighted by Gasteiger charge is -2.31. The number of methoxy groups -OCH3 is 1. The zero-order valence-corrected chi connectivity index (χ0v) is 17.6. The van der Waals surface area contributed by atoms with E-state index in [4.69, 9.17) is 9.84 Å². The highest BCUT2D eigenvalue weighted by molar-refractivity contribution is 6.05. The van der Waals surface area contributed by atoms with E-state index in [1.807, 2.05) is 30.3 Å². The third kappa shape index (κ3) is 4.38. The summed E-state index contributed by atoms with van der Waals surface area (Å²) in [4.78, 5) is 15.4. The topological polar surface area (TPSA) is 45.1 Å². The molecule has 6 heteroatoms. The van der Waals surface area contributed by atoms with Gasteiger partial charge in [-0.2, -0.15) is 5.10 Å². The van der Waals surface area contributed by atoms with Crippen LogP contribution in [0.2, 0.25) is 0 Å². The van der Waals surface area contributed by atoms with Crippen LogP contribution in [0, 0.1) is 11.7 Å². The van der Waals surface area contributed by atoms with Crippen LogP contribution in [-0.2, 0) is 4.79 Å². The minimum absolute atomic E-state index is 0.0521. The largest absolute Gasteiger partial charge is 0.496 e. The molecule has 1 amide bonds. The number of carbonyl (C=O) groups excluding carboxylic acids is 1. The number of halogens is 1. The number of rotatable bonds is 5. The molecule has 2 aliphatic rings. The van der Waals surface area contributed by atoms with Crippen LogP contribution in [0.15, 0.2) is 53.6 Å². The van der Waals surface area contributed by atoms with Crippen molar-refractivity contribution in [1.29, 1.82) is 0 Å². The van der Waals surface area contributed by atoms with Crippen LogP contribution in [0.4, 0.5) is 4.39 Å². The Morgan fingerprint density at radius 1 is 1.17 bits per heavy atom. The number of hydrogen-bond acceptors (Lipinski definition) is 4. The fourth-order valence-corrected chi connectivity index (χ4v) is 4.24. The van der Waals surface area contributed by atoms with Crippen LogP contribution in [0.5, 0.6) is 5.75 Å². The zero-order valence-electron chi connectivity index (χ0n) is 17.6. The Balaban J connectivity index is 1.62. The van der Waals surface area contributed by atoms with Crippen LogP contribution < -0.4 is 4.74 Å². The fourth-order valence-electron chi connectivity index (χ4n) is 4.24. The van der Waals surface area contributed by atoms with Crippen molar-refractivity contribution < 1.29 is 13.9 Å². The number of hydrazone groups is 1. The first-order valence-electron chi connectivity index (χ1n) is 10.6. The van der Waals surface area contributed by atoms with Crippen molar-refractivity contribution in [2.45, 2.75) is 32.2 Å². The highest BCUT2D eigenvalue weighted by Crippen LogP contribution is 2.35. The predicted molar refractivity (Wildman–Crippen MR) is 115 cm³/mol. The van der Waals surface area contributed by atoms with E-state index in [9.17, 15) is 9.18 Å². The molecular formula is C24H28FN3O2. The second kappa shape index (κ2) is 8.96. The lowest BCUT2D eigenvalue weighted by molar-refractivity contribution is -0.134. The predicted octanol–water partition coefficient (Wildman–Crippen LogP) is 4.24. The molecule has 0 saturated carbocycles. The molecule has 0 aliphatic carbocycles. The number of nitrogens with zero attached hydrogens (tertiary/aromatic N) is 3. The SMILES string of the molecule is COc1ccccc1C1=NN(C(=O)CN2CCC(C)CC2)C(c2cccc(F)c2)C1. The lowest BCUT2D eigenvalue weighted by atomic mass is 9.97. The van der Waals surface area contributed by atoms with Gasteiger partial charge in [0.05, 0.1) is 25.4 Å². The van der Waals surface area contributed by atoms with Gasteiger partial charge < -0.3 is 4.74 Å². The first-order chi connectivity index (χ1) is 14.5. The molecular weight excluding hydrogens is 381 g/mol. The van der Waals surface area contributed by atoms with E-state index in [1.54, 1.807) is 18.2 Å². The molecule has 1 fully saturated rings. The molecule has 1 unspecified atom stereocenters. The summed E-state index contributed by atoms with van der Waals surface area (Å²) in [5, 5.41) is 6.26. The smallest absolute Gasteiger partial charge is 0.257 e. The van der Waals surface area contributed by atoms with Crippen LogP contribution >= 0.6 is 0 Å². The number of ether oxygens (including phenoxy) is 1. The third-order valence-corrected chi connectivity index (χ3v) is 6.05. The Kier molecular flexibility index (Phi) is 6.13. The van der Waals surface area contributed by atoms with E-state index in [2.05, 4.69) is 11.8 Å². The van der Waals surface area contributed by atoms with Crippen molar-refractivity contribution in [1.82, 2.24) is 9.91 Å². The van der Waals surface area contributed by atoms with Gasteiger partial charge in [-0.3, -0.25) is 9.69 Å². The Morgan fingerprint density at radius 3 is 2.67 bits per heavy atom. The number of likely N-dealkylation sites (tertiary alicyclic amines) is 1. The summed E-state index contributed by atoms with van der Waals surface area (Å²) in [6, 6.07) is 13.8. The maximum atomic E-state index is 13.9. The van der Waals surface area contributed by atoms with Crippen molar-refractivity contribution >= 4 is 11.6 Å². The molecule has 1 saturated heterocycles. The highest BCUT2D eigenvalue weighted by atomic mass is 19.1.